The van der Waals surface area contributed by atoms with Crippen LogP contribution in [0.25, 0.3) is 0 Å². The number of amides is 1. The van der Waals surface area contributed by atoms with Crippen LogP contribution in [0.15, 0.2) is 53.4 Å². The van der Waals surface area contributed by atoms with Gasteiger partial charge in [0.1, 0.15) is 5.75 Å². The van der Waals surface area contributed by atoms with Crippen LogP contribution in [0.1, 0.15) is 49.1 Å². The molecule has 6 nitrogen and oxygen atoms in total. The lowest BCUT2D eigenvalue weighted by Crippen LogP contribution is -2.36. The van der Waals surface area contributed by atoms with Crippen molar-refractivity contribution in [3.05, 3.63) is 59.7 Å². The molecular weight excluding hydrogens is 388 g/mol. The lowest BCUT2D eigenvalue weighted by atomic mass is 9.84. The number of carbonyl (C=O) groups excluding carboxylic acids is 1. The third-order valence-corrected chi connectivity index (χ3v) is 6.78. The lowest BCUT2D eigenvalue weighted by molar-refractivity contribution is -0.120. The van der Waals surface area contributed by atoms with E-state index < -0.39 is 15.9 Å². The van der Waals surface area contributed by atoms with Gasteiger partial charge >= 0.3 is 0 Å². The molecular formula is C22H28N2O4S. The van der Waals surface area contributed by atoms with Crippen molar-refractivity contribution in [2.24, 2.45) is 0 Å². The number of carbonyl (C=O) groups is 1. The second-order valence-electron chi connectivity index (χ2n) is 7.32. The van der Waals surface area contributed by atoms with Crippen LogP contribution in [-0.2, 0) is 21.4 Å². The van der Waals surface area contributed by atoms with Crippen LogP contribution < -0.4 is 14.8 Å². The van der Waals surface area contributed by atoms with Crippen LogP contribution in [0.2, 0.25) is 0 Å². The van der Waals surface area contributed by atoms with Crippen LogP contribution in [0.5, 0.6) is 5.75 Å². The number of hydrogen-bond donors (Lipinski definition) is 2. The Labute approximate surface area is 172 Å². The largest absolute Gasteiger partial charge is 0.496 e. The molecule has 0 atom stereocenters. The van der Waals surface area contributed by atoms with Crippen molar-refractivity contribution in [2.75, 3.05) is 13.7 Å². The molecule has 1 fully saturated rings. The molecule has 0 saturated heterocycles. The van der Waals surface area contributed by atoms with Crippen LogP contribution in [0, 0.1) is 0 Å². The zero-order valence-corrected chi connectivity index (χ0v) is 17.5. The van der Waals surface area contributed by atoms with Gasteiger partial charge in [-0.1, -0.05) is 49.6 Å². The third-order valence-electron chi connectivity index (χ3n) is 5.36. The second-order valence-corrected chi connectivity index (χ2v) is 9.08. The predicted octanol–water partition coefficient (Wildman–Crippen LogP) is 3.34. The first-order valence-corrected chi connectivity index (χ1v) is 11.5. The average Bonchev–Trinajstić information content (AvgIpc) is 2.77. The highest BCUT2D eigenvalue weighted by molar-refractivity contribution is 7.89. The molecule has 1 aliphatic rings. The molecule has 3 rings (SSSR count). The van der Waals surface area contributed by atoms with E-state index in [1.807, 2.05) is 30.3 Å². The first kappa shape index (κ1) is 21.3. The molecule has 1 aliphatic carbocycles. The minimum Gasteiger partial charge on any atom is -0.496 e. The highest BCUT2D eigenvalue weighted by Gasteiger charge is 2.19. The first-order chi connectivity index (χ1) is 14.0. The molecule has 2 aromatic rings. The molecule has 7 heteroatoms. The molecule has 1 amide bonds. The normalized spacial score (nSPS) is 15.1. The Morgan fingerprint density at radius 1 is 1.03 bits per heavy atom. The molecule has 0 bridgehead atoms. The summed E-state index contributed by atoms with van der Waals surface area (Å²) in [7, 11) is -2.17. The fourth-order valence-electron chi connectivity index (χ4n) is 3.70. The van der Waals surface area contributed by atoms with Gasteiger partial charge in [0.25, 0.3) is 0 Å². The van der Waals surface area contributed by atoms with Gasteiger partial charge in [-0.15, -0.1) is 0 Å². The number of benzene rings is 2. The number of para-hydroxylation sites is 1. The summed E-state index contributed by atoms with van der Waals surface area (Å²) < 4.78 is 32.6. The summed E-state index contributed by atoms with van der Waals surface area (Å²) in [5, 5.41) is 2.70. The summed E-state index contributed by atoms with van der Waals surface area (Å²) in [6, 6.07) is 14.4. The molecule has 0 radical (unpaired) electrons. The monoisotopic (exact) mass is 416 g/mol. The van der Waals surface area contributed by atoms with E-state index in [0.29, 0.717) is 11.7 Å². The Morgan fingerprint density at radius 2 is 1.72 bits per heavy atom. The van der Waals surface area contributed by atoms with E-state index in [1.165, 1.54) is 24.8 Å². The van der Waals surface area contributed by atoms with E-state index in [1.54, 1.807) is 25.3 Å². The Morgan fingerprint density at radius 3 is 2.41 bits per heavy atom. The van der Waals surface area contributed by atoms with Crippen molar-refractivity contribution in [3.63, 3.8) is 0 Å². The second kappa shape index (κ2) is 9.89. The quantitative estimate of drug-likeness (QED) is 0.691. The summed E-state index contributed by atoms with van der Waals surface area (Å²) in [5.74, 6) is 0.791. The van der Waals surface area contributed by atoms with E-state index in [2.05, 4.69) is 10.0 Å². The van der Waals surface area contributed by atoms with Gasteiger partial charge in [0.2, 0.25) is 15.9 Å². The summed E-state index contributed by atoms with van der Waals surface area (Å²) in [6.45, 7) is -0.0531. The molecule has 0 spiro atoms. The van der Waals surface area contributed by atoms with E-state index in [0.717, 1.165) is 18.4 Å². The minimum atomic E-state index is -3.73. The van der Waals surface area contributed by atoms with Crippen LogP contribution in [0.3, 0.4) is 0 Å². The van der Waals surface area contributed by atoms with Crippen LogP contribution in [0.4, 0.5) is 0 Å². The summed E-state index contributed by atoms with van der Waals surface area (Å²) in [5.41, 5.74) is 2.02. The summed E-state index contributed by atoms with van der Waals surface area (Å²) in [6.07, 6.45) is 6.08. The zero-order valence-electron chi connectivity index (χ0n) is 16.7. The predicted molar refractivity (Wildman–Crippen MR) is 112 cm³/mol. The number of sulfonamides is 1. The molecule has 2 aromatic carbocycles. The number of rotatable bonds is 8. The Bertz CT molecular complexity index is 920. The molecule has 0 unspecified atom stereocenters. The number of methoxy groups -OCH3 is 1. The first-order valence-electron chi connectivity index (χ1n) is 9.98. The lowest BCUT2D eigenvalue weighted by Gasteiger charge is -2.22. The maximum absolute atomic E-state index is 12.5. The molecule has 156 valence electrons. The Balaban J connectivity index is 1.53. The molecule has 29 heavy (non-hydrogen) atoms. The maximum Gasteiger partial charge on any atom is 0.241 e. The standard InChI is InChI=1S/C22H28N2O4S/c1-28-21-10-6-5-9-19(21)15-23-22(25)16-24-29(26,27)20-13-11-18(12-14-20)17-7-3-2-4-8-17/h5-6,9-14,17,24H,2-4,7-8,15-16H2,1H3,(H,23,25). The fourth-order valence-corrected chi connectivity index (χ4v) is 4.69. The highest BCUT2D eigenvalue weighted by Crippen LogP contribution is 2.32. The highest BCUT2D eigenvalue weighted by atomic mass is 32.2. The minimum absolute atomic E-state index is 0.176. The molecule has 1 saturated carbocycles. The van der Waals surface area contributed by atoms with Gasteiger partial charge in [0.05, 0.1) is 18.6 Å². The smallest absolute Gasteiger partial charge is 0.241 e. The van der Waals surface area contributed by atoms with Crippen molar-refractivity contribution in [1.82, 2.24) is 10.0 Å². The summed E-state index contributed by atoms with van der Waals surface area (Å²) in [4.78, 5) is 12.3. The number of nitrogens with one attached hydrogen (secondary N) is 2. The Hall–Kier alpha value is -2.38. The third kappa shape index (κ3) is 5.81. The molecule has 0 aliphatic heterocycles. The van der Waals surface area contributed by atoms with Crippen molar-refractivity contribution in [3.8, 4) is 5.75 Å². The van der Waals surface area contributed by atoms with Gasteiger partial charge in [-0.25, -0.2) is 13.1 Å². The van der Waals surface area contributed by atoms with Crippen molar-refractivity contribution < 1.29 is 17.9 Å². The van der Waals surface area contributed by atoms with Gasteiger partial charge < -0.3 is 10.1 Å². The Kier molecular flexibility index (Phi) is 7.28. The fraction of sp³-hybridized carbons (Fsp3) is 0.409. The average molecular weight is 417 g/mol. The topological polar surface area (TPSA) is 84.5 Å². The number of ether oxygens (including phenoxy) is 1. The number of hydrogen-bond acceptors (Lipinski definition) is 4. The molecule has 2 N–H and O–H groups in total. The van der Waals surface area contributed by atoms with Gasteiger partial charge in [0, 0.05) is 12.1 Å². The van der Waals surface area contributed by atoms with Crippen molar-refractivity contribution >= 4 is 15.9 Å². The summed E-state index contributed by atoms with van der Waals surface area (Å²) >= 11 is 0. The van der Waals surface area contributed by atoms with Crippen LogP contribution >= 0.6 is 0 Å². The molecule has 0 aromatic heterocycles. The van der Waals surface area contributed by atoms with E-state index in [9.17, 15) is 13.2 Å². The maximum atomic E-state index is 12.5. The van der Waals surface area contributed by atoms with Gasteiger partial charge in [-0.05, 0) is 42.5 Å². The van der Waals surface area contributed by atoms with Gasteiger partial charge in [-0.3, -0.25) is 4.79 Å². The SMILES string of the molecule is COc1ccccc1CNC(=O)CNS(=O)(=O)c1ccc(C2CCCCC2)cc1. The van der Waals surface area contributed by atoms with Crippen molar-refractivity contribution in [1.29, 1.82) is 0 Å². The van der Waals surface area contributed by atoms with Gasteiger partial charge in [0.15, 0.2) is 0 Å². The van der Waals surface area contributed by atoms with E-state index >= 15 is 0 Å². The van der Waals surface area contributed by atoms with Gasteiger partial charge in [-0.2, -0.15) is 0 Å². The van der Waals surface area contributed by atoms with E-state index in [-0.39, 0.29) is 18.0 Å². The van der Waals surface area contributed by atoms with Crippen molar-refractivity contribution in [2.45, 2.75) is 49.5 Å². The van der Waals surface area contributed by atoms with Crippen LogP contribution in [-0.4, -0.2) is 28.0 Å². The zero-order chi connectivity index (χ0) is 20.7. The molecule has 0 heterocycles. The van der Waals surface area contributed by atoms with E-state index in [4.69, 9.17) is 4.74 Å².